The fraction of sp³-hybridized carbons (Fsp3) is 0.333. The largest absolute Gasteiger partial charge is 0.464 e. The third kappa shape index (κ3) is 1.95. The van der Waals surface area contributed by atoms with Crippen LogP contribution in [0.1, 0.15) is 17.0 Å². The predicted molar refractivity (Wildman–Crippen MR) is 47.5 cm³/mol. The first-order chi connectivity index (χ1) is 6.07. The number of ether oxygens (including phenoxy) is 1. The van der Waals surface area contributed by atoms with Crippen molar-refractivity contribution in [2.45, 2.75) is 6.55 Å². The molecule has 0 fully saturated rings. The number of esters is 1. The monoisotopic (exact) mass is 302 g/mol. The van der Waals surface area contributed by atoms with Gasteiger partial charge in [0.1, 0.15) is 0 Å². The second kappa shape index (κ2) is 3.99. The molecule has 0 radical (unpaired) electrons. The molecule has 72 valence electrons. The molecule has 0 saturated heterocycles. The third-order valence-electron chi connectivity index (χ3n) is 1.31. The van der Waals surface area contributed by atoms with Gasteiger partial charge in [-0.2, -0.15) is 18.6 Å². The molecule has 0 unspecified atom stereocenters. The van der Waals surface area contributed by atoms with Crippen molar-refractivity contribution < 1.29 is 18.3 Å². The van der Waals surface area contributed by atoms with E-state index in [1.54, 1.807) is 22.6 Å². The van der Waals surface area contributed by atoms with Crippen LogP contribution >= 0.6 is 22.6 Å². The average molecular weight is 302 g/mol. The zero-order valence-corrected chi connectivity index (χ0v) is 8.66. The molecule has 0 aliphatic carbocycles. The summed E-state index contributed by atoms with van der Waals surface area (Å²) in [6, 6.07) is 0. The normalized spacial score (nSPS) is 10.5. The minimum Gasteiger partial charge on any atom is -0.464 e. The summed E-state index contributed by atoms with van der Waals surface area (Å²) in [5.74, 6) is -0.817. The highest BCUT2D eigenvalue weighted by Gasteiger charge is 2.22. The van der Waals surface area contributed by atoms with Crippen LogP contribution in [0.4, 0.5) is 8.78 Å². The number of hydrogen-bond acceptors (Lipinski definition) is 3. The lowest BCUT2D eigenvalue weighted by atomic mass is 10.4. The van der Waals surface area contributed by atoms with Crippen LogP contribution in [-0.4, -0.2) is 22.9 Å². The fourth-order valence-corrected chi connectivity index (χ4v) is 1.37. The van der Waals surface area contributed by atoms with E-state index in [0.717, 1.165) is 7.11 Å². The molecule has 0 saturated carbocycles. The second-order valence-electron chi connectivity index (χ2n) is 2.05. The number of hydrogen-bond donors (Lipinski definition) is 0. The van der Waals surface area contributed by atoms with Crippen molar-refractivity contribution in [3.8, 4) is 0 Å². The van der Waals surface area contributed by atoms with Crippen molar-refractivity contribution in [1.29, 1.82) is 0 Å². The molecule has 4 nitrogen and oxygen atoms in total. The Hall–Kier alpha value is -0.730. The van der Waals surface area contributed by atoms with Crippen molar-refractivity contribution in [3.63, 3.8) is 0 Å². The average Bonchev–Trinajstić information content (AvgIpc) is 2.46. The van der Waals surface area contributed by atoms with Gasteiger partial charge in [0.25, 0.3) is 0 Å². The van der Waals surface area contributed by atoms with Crippen LogP contribution in [0.5, 0.6) is 0 Å². The Kier molecular flexibility index (Phi) is 3.17. The van der Waals surface area contributed by atoms with Crippen LogP contribution in [0.25, 0.3) is 0 Å². The second-order valence-corrected chi connectivity index (χ2v) is 3.22. The summed E-state index contributed by atoms with van der Waals surface area (Å²) >= 11 is 1.74. The van der Waals surface area contributed by atoms with E-state index in [-0.39, 0.29) is 5.69 Å². The van der Waals surface area contributed by atoms with E-state index in [0.29, 0.717) is 8.25 Å². The lowest BCUT2D eigenvalue weighted by molar-refractivity contribution is 0.0395. The van der Waals surface area contributed by atoms with E-state index in [4.69, 9.17) is 0 Å². The highest BCUT2D eigenvalue weighted by molar-refractivity contribution is 14.1. The molecule has 13 heavy (non-hydrogen) atoms. The van der Waals surface area contributed by atoms with Gasteiger partial charge in [0, 0.05) is 0 Å². The van der Waals surface area contributed by atoms with Crippen molar-refractivity contribution in [2.24, 2.45) is 0 Å². The number of carbonyl (C=O) groups excluding carboxylic acids is 1. The standard InChI is InChI=1S/C6H5F2IN2O2/c1-13-5(12)4-3(9)2-10-11(4)6(7)8/h2,6H,1H3. The number of rotatable bonds is 2. The van der Waals surface area contributed by atoms with E-state index in [9.17, 15) is 13.6 Å². The van der Waals surface area contributed by atoms with Gasteiger partial charge in [0.2, 0.25) is 0 Å². The SMILES string of the molecule is COC(=O)c1c(I)cnn1C(F)F. The van der Waals surface area contributed by atoms with E-state index in [2.05, 4.69) is 9.84 Å². The van der Waals surface area contributed by atoms with E-state index in [1.807, 2.05) is 0 Å². The first-order valence-corrected chi connectivity index (χ1v) is 4.25. The Balaban J connectivity index is 3.16. The number of nitrogens with zero attached hydrogens (tertiary/aromatic N) is 2. The van der Waals surface area contributed by atoms with E-state index < -0.39 is 12.5 Å². The summed E-state index contributed by atoms with van der Waals surface area (Å²) in [5, 5.41) is 3.34. The van der Waals surface area contributed by atoms with Crippen LogP contribution in [0, 0.1) is 3.57 Å². The van der Waals surface area contributed by atoms with Crippen LogP contribution in [-0.2, 0) is 4.74 Å². The van der Waals surface area contributed by atoms with Gasteiger partial charge in [-0.15, -0.1) is 0 Å². The summed E-state index contributed by atoms with van der Waals surface area (Å²) in [5.41, 5.74) is -0.224. The number of carbonyl (C=O) groups is 1. The van der Waals surface area contributed by atoms with Crippen molar-refractivity contribution in [1.82, 2.24) is 9.78 Å². The molecular formula is C6H5F2IN2O2. The quantitative estimate of drug-likeness (QED) is 0.616. The Morgan fingerprint density at radius 2 is 2.38 bits per heavy atom. The first-order valence-electron chi connectivity index (χ1n) is 3.17. The molecule has 0 aromatic carbocycles. The van der Waals surface area contributed by atoms with Gasteiger partial charge >= 0.3 is 12.5 Å². The summed E-state index contributed by atoms with van der Waals surface area (Å²) in [4.78, 5) is 11.0. The van der Waals surface area contributed by atoms with Gasteiger partial charge in [-0.25, -0.2) is 4.79 Å². The van der Waals surface area contributed by atoms with Crippen LogP contribution in [0.15, 0.2) is 6.20 Å². The van der Waals surface area contributed by atoms with E-state index >= 15 is 0 Å². The van der Waals surface area contributed by atoms with Gasteiger partial charge in [-0.1, -0.05) is 0 Å². The van der Waals surface area contributed by atoms with Gasteiger partial charge in [-0.05, 0) is 22.6 Å². The molecule has 0 amide bonds. The maximum absolute atomic E-state index is 12.2. The van der Waals surface area contributed by atoms with Gasteiger partial charge in [0.05, 0.1) is 16.9 Å². The molecule has 0 atom stereocenters. The first kappa shape index (κ1) is 10.4. The predicted octanol–water partition coefficient (Wildman–Crippen LogP) is 1.67. The number of aromatic nitrogens is 2. The minimum absolute atomic E-state index is 0.224. The summed E-state index contributed by atoms with van der Waals surface area (Å²) < 4.78 is 29.4. The molecule has 7 heteroatoms. The Bertz CT molecular complexity index is 326. The van der Waals surface area contributed by atoms with Crippen molar-refractivity contribution >= 4 is 28.6 Å². The highest BCUT2D eigenvalue weighted by atomic mass is 127. The van der Waals surface area contributed by atoms with Crippen LogP contribution in [0.2, 0.25) is 0 Å². The summed E-state index contributed by atoms with van der Waals surface area (Å²) in [6.45, 7) is -2.84. The fourth-order valence-electron chi connectivity index (χ4n) is 0.777. The summed E-state index contributed by atoms with van der Waals surface area (Å²) in [6.07, 6.45) is 1.18. The molecule has 1 aromatic heterocycles. The Morgan fingerprint density at radius 1 is 1.77 bits per heavy atom. The lowest BCUT2D eigenvalue weighted by Gasteiger charge is -2.03. The van der Waals surface area contributed by atoms with Crippen LogP contribution < -0.4 is 0 Å². The maximum atomic E-state index is 12.2. The molecule has 0 N–H and O–H groups in total. The molecular weight excluding hydrogens is 297 g/mol. The number of halogens is 3. The lowest BCUT2D eigenvalue weighted by Crippen LogP contribution is -2.13. The van der Waals surface area contributed by atoms with Crippen LogP contribution in [0.3, 0.4) is 0 Å². The van der Waals surface area contributed by atoms with Gasteiger partial charge in [-0.3, -0.25) is 0 Å². The van der Waals surface area contributed by atoms with E-state index in [1.165, 1.54) is 6.20 Å². The molecule has 0 bridgehead atoms. The zero-order valence-electron chi connectivity index (χ0n) is 6.50. The molecule has 1 rings (SSSR count). The molecule has 0 spiro atoms. The number of methoxy groups -OCH3 is 1. The van der Waals surface area contributed by atoms with Crippen molar-refractivity contribution in [2.75, 3.05) is 7.11 Å². The Morgan fingerprint density at radius 3 is 2.85 bits per heavy atom. The molecule has 1 heterocycles. The molecule has 0 aliphatic rings. The smallest absolute Gasteiger partial charge is 0.357 e. The van der Waals surface area contributed by atoms with Gasteiger partial charge in [0.15, 0.2) is 5.69 Å². The maximum Gasteiger partial charge on any atom is 0.357 e. The summed E-state index contributed by atoms with van der Waals surface area (Å²) in [7, 11) is 1.13. The minimum atomic E-state index is -2.84. The highest BCUT2D eigenvalue weighted by Crippen LogP contribution is 2.18. The van der Waals surface area contributed by atoms with Gasteiger partial charge < -0.3 is 4.74 Å². The Labute approximate surface area is 86.0 Å². The van der Waals surface area contributed by atoms with Crippen molar-refractivity contribution in [3.05, 3.63) is 15.5 Å². The zero-order chi connectivity index (χ0) is 10.0. The number of alkyl halides is 2. The molecule has 1 aromatic rings. The topological polar surface area (TPSA) is 44.1 Å². The molecule has 0 aliphatic heterocycles. The third-order valence-corrected chi connectivity index (χ3v) is 2.10.